The van der Waals surface area contributed by atoms with Crippen molar-refractivity contribution in [3.8, 4) is 5.75 Å². The largest absolute Gasteiger partial charge is 0.487 e. The monoisotopic (exact) mass is 268 g/mol. The van der Waals surface area contributed by atoms with E-state index in [4.69, 9.17) is 9.84 Å². The van der Waals surface area contributed by atoms with Gasteiger partial charge in [0.15, 0.2) is 5.75 Å². The molecule has 0 amide bonds. The fourth-order valence-corrected chi connectivity index (χ4v) is 1.76. The first-order valence-electron chi connectivity index (χ1n) is 6.45. The lowest BCUT2D eigenvalue weighted by molar-refractivity contribution is -0.384. The van der Waals surface area contributed by atoms with E-state index in [0.717, 1.165) is 19.3 Å². The van der Waals surface area contributed by atoms with Gasteiger partial charge in [0.2, 0.25) is 0 Å². The average Bonchev–Trinajstić information content (AvgIpc) is 2.38. The van der Waals surface area contributed by atoms with Crippen LogP contribution >= 0.6 is 0 Å². The third-order valence-corrected chi connectivity index (χ3v) is 2.63. The second-order valence-corrected chi connectivity index (χ2v) is 4.05. The van der Waals surface area contributed by atoms with Crippen molar-refractivity contribution in [3.05, 3.63) is 28.3 Å². The number of nitro benzene ring substituents is 1. The summed E-state index contributed by atoms with van der Waals surface area (Å²) in [4.78, 5) is 10.7. The molecule has 0 fully saturated rings. The molecule has 6 nitrogen and oxygen atoms in total. The molecule has 0 atom stereocenters. The molecular weight excluding hydrogens is 248 g/mol. The van der Waals surface area contributed by atoms with Crippen molar-refractivity contribution in [2.45, 2.75) is 26.2 Å². The Labute approximate surface area is 112 Å². The van der Waals surface area contributed by atoms with E-state index >= 15 is 0 Å². The van der Waals surface area contributed by atoms with Gasteiger partial charge in [-0.2, -0.15) is 0 Å². The van der Waals surface area contributed by atoms with Gasteiger partial charge in [0.25, 0.3) is 0 Å². The minimum Gasteiger partial charge on any atom is -0.487 e. The molecular formula is C13H20N2O4. The molecule has 0 aliphatic carbocycles. The summed E-state index contributed by atoms with van der Waals surface area (Å²) in [5, 5.41) is 22.8. The highest BCUT2D eigenvalue weighted by atomic mass is 16.6. The second-order valence-electron chi connectivity index (χ2n) is 4.05. The lowest BCUT2D eigenvalue weighted by Crippen LogP contribution is -2.06. The molecule has 1 rings (SSSR count). The van der Waals surface area contributed by atoms with Crippen LogP contribution in [0.15, 0.2) is 18.2 Å². The van der Waals surface area contributed by atoms with Gasteiger partial charge in [-0.1, -0.05) is 6.07 Å². The van der Waals surface area contributed by atoms with Gasteiger partial charge >= 0.3 is 5.69 Å². The number of anilines is 1. The standard InChI is InChI=1S/C13H20N2O4/c1-2-19-12-8-6-7-11(13(12)15(17)18)14-9-4-3-5-10-16/h6-8,14,16H,2-5,9-10H2,1H3. The summed E-state index contributed by atoms with van der Waals surface area (Å²) in [5.74, 6) is 0.285. The fraction of sp³-hybridized carbons (Fsp3) is 0.538. The number of para-hydroxylation sites is 1. The van der Waals surface area contributed by atoms with Crippen LogP contribution in [0.2, 0.25) is 0 Å². The first-order valence-corrected chi connectivity index (χ1v) is 6.45. The van der Waals surface area contributed by atoms with Crippen molar-refractivity contribution < 1.29 is 14.8 Å². The molecule has 0 bridgehead atoms. The van der Waals surface area contributed by atoms with E-state index in [0.29, 0.717) is 18.8 Å². The van der Waals surface area contributed by atoms with Crippen LogP contribution in [0.1, 0.15) is 26.2 Å². The number of aliphatic hydroxyl groups is 1. The van der Waals surface area contributed by atoms with Gasteiger partial charge in [0, 0.05) is 13.2 Å². The van der Waals surface area contributed by atoms with Crippen LogP contribution in [0.5, 0.6) is 5.75 Å². The van der Waals surface area contributed by atoms with Crippen LogP contribution in [0.4, 0.5) is 11.4 Å². The lowest BCUT2D eigenvalue weighted by atomic mass is 10.2. The number of benzene rings is 1. The van der Waals surface area contributed by atoms with Gasteiger partial charge in [-0.25, -0.2) is 0 Å². The zero-order chi connectivity index (χ0) is 14.1. The molecule has 1 aromatic carbocycles. The quantitative estimate of drug-likeness (QED) is 0.408. The van der Waals surface area contributed by atoms with E-state index in [1.807, 2.05) is 0 Å². The van der Waals surface area contributed by atoms with E-state index in [2.05, 4.69) is 5.32 Å². The molecule has 6 heteroatoms. The van der Waals surface area contributed by atoms with Crippen molar-refractivity contribution in [1.29, 1.82) is 0 Å². The molecule has 0 aliphatic rings. The number of ether oxygens (including phenoxy) is 1. The van der Waals surface area contributed by atoms with Crippen molar-refractivity contribution in [1.82, 2.24) is 0 Å². The zero-order valence-corrected chi connectivity index (χ0v) is 11.1. The van der Waals surface area contributed by atoms with E-state index in [9.17, 15) is 10.1 Å². The molecule has 0 aliphatic heterocycles. The molecule has 106 valence electrons. The number of hydrogen-bond donors (Lipinski definition) is 2. The van der Waals surface area contributed by atoms with Gasteiger partial charge in [-0.15, -0.1) is 0 Å². The molecule has 0 heterocycles. The Morgan fingerprint density at radius 1 is 1.37 bits per heavy atom. The third kappa shape index (κ3) is 4.75. The normalized spacial score (nSPS) is 10.2. The molecule has 0 radical (unpaired) electrons. The highest BCUT2D eigenvalue weighted by Crippen LogP contribution is 2.34. The van der Waals surface area contributed by atoms with E-state index in [-0.39, 0.29) is 18.0 Å². The molecule has 0 unspecified atom stereocenters. The molecule has 0 saturated carbocycles. The molecule has 0 spiro atoms. The predicted molar refractivity (Wildman–Crippen MR) is 73.7 cm³/mol. The number of nitro groups is 1. The van der Waals surface area contributed by atoms with E-state index < -0.39 is 4.92 Å². The summed E-state index contributed by atoms with van der Waals surface area (Å²) in [6, 6.07) is 5.00. The van der Waals surface area contributed by atoms with Crippen molar-refractivity contribution in [2.75, 3.05) is 25.1 Å². The van der Waals surface area contributed by atoms with E-state index in [1.54, 1.807) is 25.1 Å². The first kappa shape index (κ1) is 15.2. The van der Waals surface area contributed by atoms with Gasteiger partial charge < -0.3 is 15.2 Å². The summed E-state index contributed by atoms with van der Waals surface area (Å²) >= 11 is 0. The number of aliphatic hydroxyl groups excluding tert-OH is 1. The van der Waals surface area contributed by atoms with Crippen LogP contribution in [0.3, 0.4) is 0 Å². The lowest BCUT2D eigenvalue weighted by Gasteiger charge is -2.10. The highest BCUT2D eigenvalue weighted by molar-refractivity contribution is 5.68. The summed E-state index contributed by atoms with van der Waals surface area (Å²) in [7, 11) is 0. The van der Waals surface area contributed by atoms with E-state index in [1.165, 1.54) is 0 Å². The van der Waals surface area contributed by atoms with Crippen molar-refractivity contribution >= 4 is 11.4 Å². The maximum atomic E-state index is 11.1. The van der Waals surface area contributed by atoms with Crippen LogP contribution in [0, 0.1) is 10.1 Å². The maximum absolute atomic E-state index is 11.1. The van der Waals surface area contributed by atoms with Crippen LogP contribution < -0.4 is 10.1 Å². The Kier molecular flexibility index (Phi) is 6.67. The Hall–Kier alpha value is -1.82. The van der Waals surface area contributed by atoms with Gasteiger partial charge in [-0.05, 0) is 38.3 Å². The number of unbranched alkanes of at least 4 members (excludes halogenated alkanes) is 2. The highest BCUT2D eigenvalue weighted by Gasteiger charge is 2.20. The molecule has 1 aromatic rings. The summed E-state index contributed by atoms with van der Waals surface area (Å²) in [6.07, 6.45) is 2.50. The number of hydrogen-bond acceptors (Lipinski definition) is 5. The zero-order valence-electron chi connectivity index (χ0n) is 11.1. The average molecular weight is 268 g/mol. The van der Waals surface area contributed by atoms with Crippen molar-refractivity contribution in [3.63, 3.8) is 0 Å². The molecule has 19 heavy (non-hydrogen) atoms. The van der Waals surface area contributed by atoms with Gasteiger partial charge in [0.1, 0.15) is 5.69 Å². The predicted octanol–water partition coefficient (Wildman–Crippen LogP) is 2.57. The fourth-order valence-electron chi connectivity index (χ4n) is 1.76. The summed E-state index contributed by atoms with van der Waals surface area (Å²) in [6.45, 7) is 3.00. The maximum Gasteiger partial charge on any atom is 0.333 e. The van der Waals surface area contributed by atoms with Gasteiger partial charge in [-0.3, -0.25) is 10.1 Å². The Bertz CT molecular complexity index is 410. The molecule has 0 saturated heterocycles. The summed E-state index contributed by atoms with van der Waals surface area (Å²) in [5.41, 5.74) is 0.450. The minimum absolute atomic E-state index is 0.0218. The number of rotatable bonds is 9. The third-order valence-electron chi connectivity index (χ3n) is 2.63. The Morgan fingerprint density at radius 3 is 2.79 bits per heavy atom. The topological polar surface area (TPSA) is 84.6 Å². The Morgan fingerprint density at radius 2 is 2.16 bits per heavy atom. The second kappa shape index (κ2) is 8.31. The summed E-state index contributed by atoms with van der Waals surface area (Å²) < 4.78 is 5.27. The first-order chi connectivity index (χ1) is 9.20. The minimum atomic E-state index is -0.430. The van der Waals surface area contributed by atoms with Crippen molar-refractivity contribution in [2.24, 2.45) is 0 Å². The van der Waals surface area contributed by atoms with Crippen LogP contribution in [0.25, 0.3) is 0 Å². The number of nitrogens with one attached hydrogen (secondary N) is 1. The van der Waals surface area contributed by atoms with Crippen LogP contribution in [-0.2, 0) is 0 Å². The number of nitrogens with zero attached hydrogens (tertiary/aromatic N) is 1. The Balaban J connectivity index is 2.70. The van der Waals surface area contributed by atoms with Crippen LogP contribution in [-0.4, -0.2) is 29.8 Å². The SMILES string of the molecule is CCOc1cccc(NCCCCCO)c1[N+](=O)[O-]. The molecule has 2 N–H and O–H groups in total. The molecule has 0 aromatic heterocycles. The smallest absolute Gasteiger partial charge is 0.333 e. The van der Waals surface area contributed by atoms with Gasteiger partial charge in [0.05, 0.1) is 11.5 Å².